The zero-order chi connectivity index (χ0) is 55.5. The van der Waals surface area contributed by atoms with Crippen molar-refractivity contribution in [2.45, 2.75) is 212 Å². The van der Waals surface area contributed by atoms with E-state index in [1.54, 1.807) is 0 Å². The maximum atomic E-state index is 13.0. The van der Waals surface area contributed by atoms with E-state index in [4.69, 9.17) is 52.1 Å². The monoisotopic (exact) mass is 1100 g/mol. The molecular weight excluding hydrogens is 1030 g/mol. The van der Waals surface area contributed by atoms with Gasteiger partial charge in [-0.15, -0.1) is 0 Å². The molecule has 434 valence electrons. The van der Waals surface area contributed by atoms with E-state index in [1.165, 1.54) is 6.92 Å². The predicted octanol–water partition coefficient (Wildman–Crippen LogP) is -12.6. The number of aliphatic hydroxyl groups is 16. The van der Waals surface area contributed by atoms with E-state index >= 15 is 0 Å². The summed E-state index contributed by atoms with van der Waals surface area (Å²) < 4.78 is 64.3. The lowest BCUT2D eigenvalue weighted by molar-refractivity contribution is -0.385. The van der Waals surface area contributed by atoms with Gasteiger partial charge in [-0.05, 0) is 6.92 Å². The molecule has 6 rings (SSSR count). The summed E-state index contributed by atoms with van der Waals surface area (Å²) in [6.45, 7) is -0.282. The summed E-state index contributed by atoms with van der Waals surface area (Å²) >= 11 is 0. The van der Waals surface area contributed by atoms with Crippen LogP contribution in [0.15, 0.2) is 0 Å². The number of carbonyl (C=O) groups is 3. The number of hydrogen-bond acceptors (Lipinski definition) is 30. The minimum atomic E-state index is -2.20. The standard InChI is InChI=1S/C42H71N3O30/c1-10-22(53)28(59)30(61)40(66-10)74-35-21(45-13(4)52)38(65-9-18-26(57)34(20(37(64)67-18)44-12(3)51)73-41-31(62)29(60)24(55)15(6-47)69-41)71-17(8-49)33(35)72-42-32(63)36(25(56)16(7-48)70-42)75-39-19(43-11(2)50)27(58)23(54)14(5-46)68-39/h10,14-42,46-49,53-64H,5-9H2,1-4H3,(H,43,50)(H,44,51)(H,45,52)/t10-,14+,15+,16+,17+,18+,19+,20+,21+,22+,23+,24-,25-,26-,27+,28+,29-,30-,31+,32+,33+,34+,35+,36-,37?,38+,39-,40-,41-,42-/m0/s1. The molecule has 6 fully saturated rings. The summed E-state index contributed by atoms with van der Waals surface area (Å²) in [5.74, 6) is -2.38. The number of rotatable bonds is 18. The number of aliphatic hydroxyl groups excluding tert-OH is 16. The van der Waals surface area contributed by atoms with Crippen LogP contribution in [-0.2, 0) is 66.5 Å². The fourth-order valence-electron chi connectivity index (χ4n) is 9.56. The Balaban J connectivity index is 1.31. The Morgan fingerprint density at radius 3 is 1.35 bits per heavy atom. The molecule has 6 saturated heterocycles. The molecule has 1 unspecified atom stereocenters. The van der Waals surface area contributed by atoms with Gasteiger partial charge in [0, 0.05) is 20.8 Å². The Morgan fingerprint density at radius 1 is 0.373 bits per heavy atom. The van der Waals surface area contributed by atoms with E-state index in [2.05, 4.69) is 16.0 Å². The summed E-state index contributed by atoms with van der Waals surface area (Å²) in [6, 6.07) is -4.98. The van der Waals surface area contributed by atoms with Crippen LogP contribution in [0.2, 0.25) is 0 Å². The maximum Gasteiger partial charge on any atom is 0.217 e. The van der Waals surface area contributed by atoms with Crippen molar-refractivity contribution >= 4 is 17.7 Å². The lowest BCUT2D eigenvalue weighted by Crippen LogP contribution is -2.71. The van der Waals surface area contributed by atoms with Gasteiger partial charge in [-0.1, -0.05) is 0 Å². The first-order valence-corrected chi connectivity index (χ1v) is 23.9. The molecule has 19 N–H and O–H groups in total. The van der Waals surface area contributed by atoms with Crippen LogP contribution in [-0.4, -0.2) is 317 Å². The maximum absolute atomic E-state index is 13.0. The van der Waals surface area contributed by atoms with Crippen LogP contribution in [0, 0.1) is 0 Å². The van der Waals surface area contributed by atoms with Crippen molar-refractivity contribution in [3.63, 3.8) is 0 Å². The molecular formula is C42H71N3O30. The minimum absolute atomic E-state index is 0.757. The minimum Gasteiger partial charge on any atom is -0.394 e. The third kappa shape index (κ3) is 13.7. The average molecular weight is 1100 g/mol. The summed E-state index contributed by atoms with van der Waals surface area (Å²) in [7, 11) is 0. The van der Waals surface area contributed by atoms with E-state index < -0.39 is 235 Å². The number of nitrogens with one attached hydrogen (secondary N) is 3. The highest BCUT2D eigenvalue weighted by Crippen LogP contribution is 2.37. The van der Waals surface area contributed by atoms with Crippen LogP contribution in [0.5, 0.6) is 0 Å². The highest BCUT2D eigenvalue weighted by atomic mass is 16.8. The molecule has 33 nitrogen and oxygen atoms in total. The van der Waals surface area contributed by atoms with Gasteiger partial charge in [0.05, 0.1) is 39.1 Å². The van der Waals surface area contributed by atoms with Crippen molar-refractivity contribution in [1.82, 2.24) is 16.0 Å². The average Bonchev–Trinajstić information content (AvgIpc) is 3.36. The van der Waals surface area contributed by atoms with Gasteiger partial charge in [0.25, 0.3) is 0 Å². The highest BCUT2D eigenvalue weighted by Gasteiger charge is 2.58. The fraction of sp³-hybridized carbons (Fsp3) is 0.929. The zero-order valence-corrected chi connectivity index (χ0v) is 40.7. The molecule has 0 spiro atoms. The van der Waals surface area contributed by atoms with Gasteiger partial charge in [-0.25, -0.2) is 0 Å². The molecule has 6 aliphatic rings. The smallest absolute Gasteiger partial charge is 0.217 e. The van der Waals surface area contributed by atoms with Crippen molar-refractivity contribution in [2.75, 3.05) is 33.0 Å². The van der Waals surface area contributed by atoms with Crippen LogP contribution >= 0.6 is 0 Å². The first-order valence-electron chi connectivity index (χ1n) is 23.9. The summed E-state index contributed by atoms with van der Waals surface area (Å²) in [5, 5.41) is 179. The highest BCUT2D eigenvalue weighted by molar-refractivity contribution is 5.74. The quantitative estimate of drug-likeness (QED) is 0.0606. The van der Waals surface area contributed by atoms with Crippen LogP contribution in [0.25, 0.3) is 0 Å². The van der Waals surface area contributed by atoms with Crippen LogP contribution < -0.4 is 16.0 Å². The van der Waals surface area contributed by atoms with Gasteiger partial charge in [-0.2, -0.15) is 0 Å². The van der Waals surface area contributed by atoms with E-state index in [9.17, 15) is 96.1 Å². The van der Waals surface area contributed by atoms with Gasteiger partial charge in [0.1, 0.15) is 140 Å². The van der Waals surface area contributed by atoms with E-state index in [-0.39, 0.29) is 0 Å². The molecule has 75 heavy (non-hydrogen) atoms. The molecule has 0 aromatic rings. The third-order valence-electron chi connectivity index (χ3n) is 13.6. The van der Waals surface area contributed by atoms with Crippen molar-refractivity contribution in [1.29, 1.82) is 0 Å². The molecule has 0 aliphatic carbocycles. The van der Waals surface area contributed by atoms with E-state index in [1.807, 2.05) is 0 Å². The SMILES string of the molecule is CC(=O)N[C@H]1[C@H](O[C@H]2[C@@H](O)[C@@H](CO)O[C@@H](O[C@H]3[C@H](O[C@@H]4O[C@@H](C)[C@@H](O)[C@@H](O)[C@@H]4O)[C@@H](NC(C)=O)[C@H](OC[C@H]4OC(O)[C@H](NC(C)=O)[C@@H](O[C@@H]5O[C@H](CO)[C@H](O)[C@H](O)[C@H]5O)[C@H]4O)O[C@@H]3CO)[C@@H]2O)O[C@H](CO)[C@@H](O)[C@@H]1O. The van der Waals surface area contributed by atoms with Crippen molar-refractivity contribution in [3.05, 3.63) is 0 Å². The summed E-state index contributed by atoms with van der Waals surface area (Å²) in [4.78, 5) is 37.4. The molecule has 0 bridgehead atoms. The Labute approximate surface area is 426 Å². The van der Waals surface area contributed by atoms with E-state index in [0.717, 1.165) is 20.8 Å². The predicted molar refractivity (Wildman–Crippen MR) is 233 cm³/mol. The second kappa shape index (κ2) is 26.5. The lowest BCUT2D eigenvalue weighted by atomic mass is 9.93. The molecule has 33 heteroatoms. The Kier molecular flexibility index (Phi) is 21.8. The van der Waals surface area contributed by atoms with Gasteiger partial charge < -0.3 is 150 Å². The number of ether oxygens (including phenoxy) is 11. The molecule has 6 aliphatic heterocycles. The Morgan fingerprint density at radius 2 is 0.787 bits per heavy atom. The van der Waals surface area contributed by atoms with Crippen LogP contribution in [0.4, 0.5) is 0 Å². The molecule has 3 amide bonds. The number of hydrogen-bond donors (Lipinski definition) is 19. The summed E-state index contributed by atoms with van der Waals surface area (Å²) in [5.41, 5.74) is 0. The molecule has 0 aromatic heterocycles. The molecule has 0 aromatic carbocycles. The Hall–Kier alpha value is -2.67. The normalized spacial score (nSPS) is 48.6. The second-order valence-electron chi connectivity index (χ2n) is 19.0. The van der Waals surface area contributed by atoms with Crippen molar-refractivity contribution in [3.8, 4) is 0 Å². The zero-order valence-electron chi connectivity index (χ0n) is 40.7. The van der Waals surface area contributed by atoms with Gasteiger partial charge in [0.15, 0.2) is 37.7 Å². The van der Waals surface area contributed by atoms with Gasteiger partial charge in [0.2, 0.25) is 17.7 Å². The second-order valence-corrected chi connectivity index (χ2v) is 19.0. The van der Waals surface area contributed by atoms with Gasteiger partial charge >= 0.3 is 0 Å². The molecule has 30 atom stereocenters. The number of carbonyl (C=O) groups excluding carboxylic acids is 3. The number of amides is 3. The Bertz CT molecular complexity index is 1850. The molecule has 6 heterocycles. The topological polar surface area (TPSA) is 513 Å². The van der Waals surface area contributed by atoms with Crippen molar-refractivity contribution < 1.29 is 148 Å². The lowest BCUT2D eigenvalue weighted by Gasteiger charge is -2.51. The van der Waals surface area contributed by atoms with Crippen LogP contribution in [0.3, 0.4) is 0 Å². The molecule has 0 radical (unpaired) electrons. The molecule has 0 saturated carbocycles. The van der Waals surface area contributed by atoms with Gasteiger partial charge in [-0.3, -0.25) is 14.4 Å². The van der Waals surface area contributed by atoms with Crippen LogP contribution in [0.1, 0.15) is 27.7 Å². The first-order chi connectivity index (χ1) is 35.4. The first kappa shape index (κ1) is 61.5. The van der Waals surface area contributed by atoms with Crippen molar-refractivity contribution in [2.24, 2.45) is 0 Å². The largest absolute Gasteiger partial charge is 0.394 e. The third-order valence-corrected chi connectivity index (χ3v) is 13.6. The van der Waals surface area contributed by atoms with E-state index in [0.29, 0.717) is 0 Å². The fourth-order valence-corrected chi connectivity index (χ4v) is 9.56. The summed E-state index contributed by atoms with van der Waals surface area (Å²) in [6.07, 6.45) is -49.9.